The zero-order chi connectivity index (χ0) is 16.2. The topological polar surface area (TPSA) is 12.0 Å². The van der Waals surface area contributed by atoms with Crippen LogP contribution in [0.2, 0.25) is 0 Å². The molecule has 2 aromatic carbocycles. The zero-order valence-electron chi connectivity index (χ0n) is 14.6. The molecule has 0 aromatic heterocycles. The van der Waals surface area contributed by atoms with Gasteiger partial charge in [0.1, 0.15) is 0 Å². The molecular weight excluding hydrogens is 290 g/mol. The van der Waals surface area contributed by atoms with Crippen LogP contribution < -0.4 is 5.32 Å². The van der Waals surface area contributed by atoms with Gasteiger partial charge in [0.2, 0.25) is 0 Å². The average Bonchev–Trinajstić information content (AvgIpc) is 3.32. The number of hydrogen-bond donors (Lipinski definition) is 1. The van der Waals surface area contributed by atoms with E-state index in [0.717, 1.165) is 17.8 Å². The van der Waals surface area contributed by atoms with Gasteiger partial charge in [-0.2, -0.15) is 0 Å². The van der Waals surface area contributed by atoms with Gasteiger partial charge in [-0.05, 0) is 54.7 Å². The highest BCUT2D eigenvalue weighted by Crippen LogP contribution is 2.61. The van der Waals surface area contributed by atoms with Crippen molar-refractivity contribution in [2.75, 3.05) is 6.54 Å². The Labute approximate surface area is 146 Å². The second kappa shape index (κ2) is 7.11. The fourth-order valence-corrected chi connectivity index (χ4v) is 4.72. The molecule has 0 heterocycles. The van der Waals surface area contributed by atoms with Crippen LogP contribution in [0.5, 0.6) is 0 Å². The maximum atomic E-state index is 3.92. The van der Waals surface area contributed by atoms with Crippen LogP contribution in [0.1, 0.15) is 55.7 Å². The van der Waals surface area contributed by atoms with Crippen molar-refractivity contribution in [1.82, 2.24) is 5.32 Å². The Balaban J connectivity index is 1.41. The Morgan fingerprint density at radius 2 is 1.54 bits per heavy atom. The van der Waals surface area contributed by atoms with Crippen LogP contribution in [0.4, 0.5) is 0 Å². The van der Waals surface area contributed by atoms with Crippen LogP contribution in [-0.2, 0) is 6.42 Å². The van der Waals surface area contributed by atoms with Crippen LogP contribution in [0.15, 0.2) is 60.7 Å². The Morgan fingerprint density at radius 3 is 2.25 bits per heavy atom. The van der Waals surface area contributed by atoms with Gasteiger partial charge in [-0.3, -0.25) is 0 Å². The summed E-state index contributed by atoms with van der Waals surface area (Å²) in [5, 5.41) is 3.92. The molecule has 2 aliphatic carbocycles. The predicted molar refractivity (Wildman–Crippen MR) is 101 cm³/mol. The highest BCUT2D eigenvalue weighted by Gasteiger charge is 2.53. The lowest BCUT2D eigenvalue weighted by Gasteiger charge is -2.24. The molecule has 4 rings (SSSR count). The standard InChI is InChI=1S/C23H29N/c1-4-10-19(11-5-1)16-22(20-12-6-2-7-13-20)24-18-21-17-23(21)14-8-3-9-15-23/h1-2,4-7,10-13,21-22,24H,3,8-9,14-18H2. The average molecular weight is 319 g/mol. The van der Waals surface area contributed by atoms with Crippen LogP contribution in [-0.4, -0.2) is 6.54 Å². The van der Waals surface area contributed by atoms with E-state index < -0.39 is 0 Å². The maximum Gasteiger partial charge on any atom is 0.0360 e. The minimum Gasteiger partial charge on any atom is -0.309 e. The fourth-order valence-electron chi connectivity index (χ4n) is 4.72. The Kier molecular flexibility index (Phi) is 4.71. The number of rotatable bonds is 6. The number of hydrogen-bond acceptors (Lipinski definition) is 1. The summed E-state index contributed by atoms with van der Waals surface area (Å²) < 4.78 is 0. The fraction of sp³-hybridized carbons (Fsp3) is 0.478. The highest BCUT2D eigenvalue weighted by molar-refractivity contribution is 5.24. The summed E-state index contributed by atoms with van der Waals surface area (Å²) >= 11 is 0. The Bertz CT molecular complexity index is 628. The van der Waals surface area contributed by atoms with Gasteiger partial charge >= 0.3 is 0 Å². The Morgan fingerprint density at radius 1 is 0.875 bits per heavy atom. The maximum absolute atomic E-state index is 3.92. The largest absolute Gasteiger partial charge is 0.309 e. The molecular formula is C23H29N. The quantitative estimate of drug-likeness (QED) is 0.738. The molecule has 0 bridgehead atoms. The second-order valence-corrected chi connectivity index (χ2v) is 7.89. The van der Waals surface area contributed by atoms with E-state index in [1.807, 2.05) is 0 Å². The van der Waals surface area contributed by atoms with Crippen LogP contribution in [0.25, 0.3) is 0 Å². The first-order chi connectivity index (χ1) is 11.9. The molecule has 0 radical (unpaired) electrons. The van der Waals surface area contributed by atoms with Gasteiger partial charge in [-0.15, -0.1) is 0 Å². The summed E-state index contributed by atoms with van der Waals surface area (Å²) in [4.78, 5) is 0. The molecule has 2 saturated carbocycles. The summed E-state index contributed by atoms with van der Waals surface area (Å²) in [5.74, 6) is 0.916. The molecule has 2 aromatic rings. The normalized spacial score (nSPS) is 23.1. The van der Waals surface area contributed by atoms with Crippen molar-refractivity contribution in [1.29, 1.82) is 0 Å². The van der Waals surface area contributed by atoms with Gasteiger partial charge in [0.25, 0.3) is 0 Å². The molecule has 0 aliphatic heterocycles. The highest BCUT2D eigenvalue weighted by atomic mass is 14.9. The van der Waals surface area contributed by atoms with E-state index in [0.29, 0.717) is 6.04 Å². The lowest BCUT2D eigenvalue weighted by atomic mass is 9.84. The SMILES string of the molecule is c1ccc(CC(NCC2CC23CCCCC3)c2ccccc2)cc1. The summed E-state index contributed by atoms with van der Waals surface area (Å²) in [6.45, 7) is 1.19. The predicted octanol–water partition coefficient (Wildman–Crippen LogP) is 5.53. The molecule has 1 spiro atoms. The van der Waals surface area contributed by atoms with Crippen LogP contribution in [0, 0.1) is 11.3 Å². The van der Waals surface area contributed by atoms with Crippen molar-refractivity contribution < 1.29 is 0 Å². The van der Waals surface area contributed by atoms with E-state index >= 15 is 0 Å². The molecule has 1 N–H and O–H groups in total. The summed E-state index contributed by atoms with van der Waals surface area (Å²) in [7, 11) is 0. The van der Waals surface area contributed by atoms with E-state index in [1.54, 1.807) is 0 Å². The van der Waals surface area contributed by atoms with Crippen molar-refractivity contribution in [3.05, 3.63) is 71.8 Å². The van der Waals surface area contributed by atoms with Crippen LogP contribution in [0.3, 0.4) is 0 Å². The molecule has 0 amide bonds. The van der Waals surface area contributed by atoms with Crippen molar-refractivity contribution in [2.45, 2.75) is 51.0 Å². The van der Waals surface area contributed by atoms with Crippen LogP contribution >= 0.6 is 0 Å². The summed E-state index contributed by atoms with van der Waals surface area (Å²) in [6, 6.07) is 22.3. The Hall–Kier alpha value is -1.60. The van der Waals surface area contributed by atoms with E-state index in [-0.39, 0.29) is 0 Å². The third kappa shape index (κ3) is 3.57. The summed E-state index contributed by atoms with van der Waals surface area (Å²) in [6.07, 6.45) is 9.88. The molecule has 24 heavy (non-hydrogen) atoms. The van der Waals surface area contributed by atoms with Crippen molar-refractivity contribution in [3.8, 4) is 0 Å². The summed E-state index contributed by atoms with van der Waals surface area (Å²) in [5.41, 5.74) is 3.56. The van der Waals surface area contributed by atoms with E-state index in [9.17, 15) is 0 Å². The van der Waals surface area contributed by atoms with Gasteiger partial charge in [0.15, 0.2) is 0 Å². The second-order valence-electron chi connectivity index (χ2n) is 7.89. The monoisotopic (exact) mass is 319 g/mol. The molecule has 2 aliphatic rings. The molecule has 2 unspecified atom stereocenters. The molecule has 2 atom stereocenters. The van der Waals surface area contributed by atoms with E-state index in [4.69, 9.17) is 0 Å². The minimum atomic E-state index is 0.426. The lowest BCUT2D eigenvalue weighted by Crippen LogP contribution is -2.27. The molecule has 2 fully saturated rings. The van der Waals surface area contributed by atoms with E-state index in [1.165, 1.54) is 56.2 Å². The first kappa shape index (κ1) is 15.9. The molecule has 1 heteroatoms. The first-order valence-corrected chi connectivity index (χ1v) is 9.68. The van der Waals surface area contributed by atoms with Gasteiger partial charge in [0, 0.05) is 6.04 Å². The van der Waals surface area contributed by atoms with E-state index in [2.05, 4.69) is 66.0 Å². The van der Waals surface area contributed by atoms with Crippen molar-refractivity contribution in [3.63, 3.8) is 0 Å². The van der Waals surface area contributed by atoms with Crippen molar-refractivity contribution in [2.24, 2.45) is 11.3 Å². The lowest BCUT2D eigenvalue weighted by molar-refractivity contribution is 0.300. The molecule has 1 nitrogen and oxygen atoms in total. The van der Waals surface area contributed by atoms with Gasteiger partial charge in [-0.1, -0.05) is 79.9 Å². The molecule has 0 saturated heterocycles. The third-order valence-electron chi connectivity index (χ3n) is 6.30. The van der Waals surface area contributed by atoms with Gasteiger partial charge in [0.05, 0.1) is 0 Å². The smallest absolute Gasteiger partial charge is 0.0360 e. The zero-order valence-corrected chi connectivity index (χ0v) is 14.6. The third-order valence-corrected chi connectivity index (χ3v) is 6.30. The minimum absolute atomic E-state index is 0.426. The van der Waals surface area contributed by atoms with Gasteiger partial charge < -0.3 is 5.32 Å². The van der Waals surface area contributed by atoms with Gasteiger partial charge in [-0.25, -0.2) is 0 Å². The molecule has 126 valence electrons. The van der Waals surface area contributed by atoms with Crippen molar-refractivity contribution >= 4 is 0 Å². The number of benzene rings is 2. The first-order valence-electron chi connectivity index (χ1n) is 9.68. The number of nitrogens with one attached hydrogen (secondary N) is 1.